The lowest BCUT2D eigenvalue weighted by Gasteiger charge is -2.21. The van der Waals surface area contributed by atoms with Gasteiger partial charge in [-0.25, -0.2) is 4.98 Å². The third-order valence-electron chi connectivity index (χ3n) is 4.39. The summed E-state index contributed by atoms with van der Waals surface area (Å²) in [7, 11) is 5.60. The second-order valence-electron chi connectivity index (χ2n) is 6.35. The Morgan fingerprint density at radius 3 is 2.59 bits per heavy atom. The summed E-state index contributed by atoms with van der Waals surface area (Å²) in [5.74, 6) is 3.12. The number of aliphatic imine (C=N–C) groups is 1. The summed E-state index contributed by atoms with van der Waals surface area (Å²) in [4.78, 5) is 11.1. The number of aryl methyl sites for hydroxylation is 1. The minimum atomic E-state index is 0. The molecule has 0 saturated heterocycles. The van der Waals surface area contributed by atoms with Gasteiger partial charge in [0.1, 0.15) is 17.9 Å². The first-order chi connectivity index (χ1) is 12.5. The van der Waals surface area contributed by atoms with Crippen LogP contribution in [0, 0.1) is 0 Å². The van der Waals surface area contributed by atoms with Gasteiger partial charge in [-0.3, -0.25) is 9.67 Å². The van der Waals surface area contributed by atoms with Crippen LogP contribution in [0.1, 0.15) is 37.6 Å². The Hall–Kier alpha value is -1.84. The zero-order valence-electron chi connectivity index (χ0n) is 16.8. The van der Waals surface area contributed by atoms with Crippen molar-refractivity contribution in [3.63, 3.8) is 0 Å². The third-order valence-corrected chi connectivity index (χ3v) is 4.39. The van der Waals surface area contributed by atoms with E-state index in [9.17, 15) is 0 Å². The zero-order chi connectivity index (χ0) is 18.9. The summed E-state index contributed by atoms with van der Waals surface area (Å²) < 4.78 is 7.00. The van der Waals surface area contributed by atoms with Crippen LogP contribution in [0.25, 0.3) is 0 Å². The second-order valence-corrected chi connectivity index (χ2v) is 6.35. The Labute approximate surface area is 179 Å². The number of nitrogens with one attached hydrogen (secondary N) is 1. The fourth-order valence-corrected chi connectivity index (χ4v) is 2.68. The summed E-state index contributed by atoms with van der Waals surface area (Å²) in [6, 6.07) is 8.26. The van der Waals surface area contributed by atoms with Crippen LogP contribution in [-0.4, -0.2) is 52.9 Å². The highest BCUT2D eigenvalue weighted by Gasteiger charge is 2.11. The highest BCUT2D eigenvalue weighted by Crippen LogP contribution is 2.21. The van der Waals surface area contributed by atoms with Crippen molar-refractivity contribution >= 4 is 29.9 Å². The highest BCUT2D eigenvalue weighted by molar-refractivity contribution is 14.0. The molecule has 0 fully saturated rings. The molecule has 27 heavy (non-hydrogen) atoms. The van der Waals surface area contributed by atoms with Gasteiger partial charge in [0.25, 0.3) is 0 Å². The van der Waals surface area contributed by atoms with E-state index in [1.54, 1.807) is 18.1 Å². The molecule has 1 unspecified atom stereocenters. The van der Waals surface area contributed by atoms with Gasteiger partial charge in [0, 0.05) is 27.2 Å². The van der Waals surface area contributed by atoms with Crippen molar-refractivity contribution in [1.29, 1.82) is 0 Å². The van der Waals surface area contributed by atoms with Crippen LogP contribution in [0.4, 0.5) is 0 Å². The smallest absolute Gasteiger partial charge is 0.194 e. The first kappa shape index (κ1) is 23.2. The van der Waals surface area contributed by atoms with Crippen LogP contribution < -0.4 is 10.1 Å². The summed E-state index contributed by atoms with van der Waals surface area (Å²) in [6.45, 7) is 6.56. The lowest BCUT2D eigenvalue weighted by Crippen LogP contribution is -2.39. The molecular weight excluding hydrogens is 455 g/mol. The molecule has 1 N–H and O–H groups in total. The predicted molar refractivity (Wildman–Crippen MR) is 120 cm³/mol. The Morgan fingerprint density at radius 2 is 2.04 bits per heavy atom. The van der Waals surface area contributed by atoms with Crippen LogP contribution in [0.2, 0.25) is 0 Å². The number of methoxy groups -OCH3 is 1. The molecule has 0 aliphatic heterocycles. The second kappa shape index (κ2) is 11.8. The molecule has 0 aliphatic rings. The standard InChI is InChI=1S/C19H30N6O.HI/c1-6-20-19(24(3)13-18-22-14-23-25(18)4)21-12-11-15(2)16-7-9-17(26-5)10-8-16;/h7-10,14-15H,6,11-13H2,1-5H3,(H,20,21);1H. The van der Waals surface area contributed by atoms with Crippen LogP contribution in [0.15, 0.2) is 35.6 Å². The lowest BCUT2D eigenvalue weighted by molar-refractivity contribution is 0.414. The molecule has 7 nitrogen and oxygen atoms in total. The van der Waals surface area contributed by atoms with Crippen molar-refractivity contribution in [2.45, 2.75) is 32.7 Å². The van der Waals surface area contributed by atoms with Gasteiger partial charge in [-0.05, 0) is 37.0 Å². The van der Waals surface area contributed by atoms with Gasteiger partial charge in [0.15, 0.2) is 5.96 Å². The summed E-state index contributed by atoms with van der Waals surface area (Å²) in [5, 5.41) is 7.46. The quantitative estimate of drug-likeness (QED) is 0.353. The van der Waals surface area contributed by atoms with E-state index in [1.807, 2.05) is 26.2 Å². The molecule has 0 radical (unpaired) electrons. The van der Waals surface area contributed by atoms with Crippen molar-refractivity contribution in [2.75, 3.05) is 27.2 Å². The van der Waals surface area contributed by atoms with E-state index in [4.69, 9.17) is 9.73 Å². The maximum Gasteiger partial charge on any atom is 0.194 e. The van der Waals surface area contributed by atoms with Crippen molar-refractivity contribution in [3.05, 3.63) is 42.0 Å². The van der Waals surface area contributed by atoms with E-state index in [1.165, 1.54) is 5.56 Å². The molecule has 8 heteroatoms. The number of guanidine groups is 1. The van der Waals surface area contributed by atoms with E-state index in [0.29, 0.717) is 12.5 Å². The molecule has 1 heterocycles. The molecule has 150 valence electrons. The average molecular weight is 486 g/mol. The molecule has 0 saturated carbocycles. The van der Waals surface area contributed by atoms with Crippen molar-refractivity contribution in [2.24, 2.45) is 12.0 Å². The van der Waals surface area contributed by atoms with Crippen LogP contribution in [0.5, 0.6) is 5.75 Å². The largest absolute Gasteiger partial charge is 0.497 e. The van der Waals surface area contributed by atoms with Gasteiger partial charge in [0.2, 0.25) is 0 Å². The van der Waals surface area contributed by atoms with Gasteiger partial charge in [-0.15, -0.1) is 24.0 Å². The van der Waals surface area contributed by atoms with Crippen LogP contribution in [0.3, 0.4) is 0 Å². The van der Waals surface area contributed by atoms with Crippen molar-refractivity contribution < 1.29 is 4.74 Å². The molecule has 0 spiro atoms. The Balaban J connectivity index is 0.00000364. The van der Waals surface area contributed by atoms with Crippen molar-refractivity contribution in [1.82, 2.24) is 25.0 Å². The molecule has 2 aromatic rings. The van der Waals surface area contributed by atoms with Gasteiger partial charge < -0.3 is 15.0 Å². The SMILES string of the molecule is CCNC(=NCCC(C)c1ccc(OC)cc1)N(C)Cc1ncnn1C.I. The summed E-state index contributed by atoms with van der Waals surface area (Å²) in [5.41, 5.74) is 1.30. The molecule has 0 amide bonds. The average Bonchev–Trinajstić information content (AvgIpc) is 3.05. The predicted octanol–water partition coefficient (Wildman–Crippen LogP) is 3.03. The fourth-order valence-electron chi connectivity index (χ4n) is 2.68. The molecule has 1 aromatic heterocycles. The minimum absolute atomic E-state index is 0. The van der Waals surface area contributed by atoms with Gasteiger partial charge in [0.05, 0.1) is 13.7 Å². The van der Waals surface area contributed by atoms with E-state index < -0.39 is 0 Å². The zero-order valence-corrected chi connectivity index (χ0v) is 19.2. The fraction of sp³-hybridized carbons (Fsp3) is 0.526. The topological polar surface area (TPSA) is 67.6 Å². The first-order valence-electron chi connectivity index (χ1n) is 9.01. The number of halogens is 1. The third kappa shape index (κ3) is 7.00. The molecular formula is C19H31IN6O. The number of nitrogens with zero attached hydrogens (tertiary/aromatic N) is 5. The van der Waals surface area contributed by atoms with Gasteiger partial charge in [-0.2, -0.15) is 5.10 Å². The Morgan fingerprint density at radius 1 is 1.33 bits per heavy atom. The summed E-state index contributed by atoms with van der Waals surface area (Å²) >= 11 is 0. The molecule has 2 rings (SSSR count). The van der Waals surface area contributed by atoms with E-state index in [0.717, 1.165) is 37.0 Å². The number of hydrogen-bond donors (Lipinski definition) is 1. The number of aromatic nitrogens is 3. The van der Waals surface area contributed by atoms with Gasteiger partial charge >= 0.3 is 0 Å². The molecule has 1 atom stereocenters. The molecule has 0 aliphatic carbocycles. The lowest BCUT2D eigenvalue weighted by atomic mass is 9.98. The number of rotatable bonds is 8. The van der Waals surface area contributed by atoms with Crippen LogP contribution >= 0.6 is 24.0 Å². The van der Waals surface area contributed by atoms with Gasteiger partial charge in [-0.1, -0.05) is 19.1 Å². The van der Waals surface area contributed by atoms with E-state index in [-0.39, 0.29) is 24.0 Å². The molecule has 0 bridgehead atoms. The maximum atomic E-state index is 5.22. The van der Waals surface area contributed by atoms with Crippen LogP contribution in [-0.2, 0) is 13.6 Å². The Kier molecular flexibility index (Phi) is 10.1. The highest BCUT2D eigenvalue weighted by atomic mass is 127. The summed E-state index contributed by atoms with van der Waals surface area (Å²) in [6.07, 6.45) is 2.56. The maximum absolute atomic E-state index is 5.22. The Bertz CT molecular complexity index is 700. The van der Waals surface area contributed by atoms with E-state index in [2.05, 4.69) is 46.3 Å². The number of ether oxygens (including phenoxy) is 1. The van der Waals surface area contributed by atoms with Crippen molar-refractivity contribution in [3.8, 4) is 5.75 Å². The normalized spacial score (nSPS) is 12.3. The monoisotopic (exact) mass is 486 g/mol. The first-order valence-corrected chi connectivity index (χ1v) is 9.01. The molecule has 1 aromatic carbocycles. The van der Waals surface area contributed by atoms with E-state index >= 15 is 0 Å². The number of benzene rings is 1. The minimum Gasteiger partial charge on any atom is -0.497 e. The number of hydrogen-bond acceptors (Lipinski definition) is 4.